The van der Waals surface area contributed by atoms with Gasteiger partial charge in [0.25, 0.3) is 0 Å². The van der Waals surface area contributed by atoms with Crippen molar-refractivity contribution in [2.45, 2.75) is 83.1 Å². The van der Waals surface area contributed by atoms with Crippen molar-refractivity contribution >= 4 is 0 Å². The maximum atomic E-state index is 2.30. The molecule has 0 fully saturated rings. The van der Waals surface area contributed by atoms with Crippen LogP contribution in [0.1, 0.15) is 74.9 Å². The van der Waals surface area contributed by atoms with Crippen LogP contribution >= 0.6 is 0 Å². The zero-order chi connectivity index (χ0) is 18.9. The summed E-state index contributed by atoms with van der Waals surface area (Å²) < 4.78 is 0. The smallest absolute Gasteiger partial charge is 0.00461 e. The van der Waals surface area contributed by atoms with E-state index >= 15 is 0 Å². The van der Waals surface area contributed by atoms with Crippen LogP contribution in [0.5, 0.6) is 0 Å². The Morgan fingerprint density at radius 1 is 0.440 bits per heavy atom. The number of hydrogen-bond donors (Lipinski definition) is 0. The van der Waals surface area contributed by atoms with E-state index in [9.17, 15) is 0 Å². The molecular weight excluding hydrogens is 386 g/mol. The summed E-state index contributed by atoms with van der Waals surface area (Å²) in [4.78, 5) is 0. The summed E-state index contributed by atoms with van der Waals surface area (Å²) in [5.74, 6) is 2.18. The van der Waals surface area contributed by atoms with Crippen LogP contribution in [0.4, 0.5) is 0 Å². The molecule has 0 spiro atoms. The Kier molecular flexibility index (Phi) is 9.09. The van der Waals surface area contributed by atoms with Gasteiger partial charge in [0, 0.05) is 26.0 Å². The topological polar surface area (TPSA) is 0 Å². The summed E-state index contributed by atoms with van der Waals surface area (Å²) >= 11 is 0. The first kappa shape index (κ1) is 24.3. The second-order valence-electron chi connectivity index (χ2n) is 7.71. The van der Waals surface area contributed by atoms with Crippen LogP contribution < -0.4 is 0 Å². The van der Waals surface area contributed by atoms with Crippen LogP contribution in [-0.2, 0) is 20.1 Å². The van der Waals surface area contributed by atoms with Gasteiger partial charge in [-0.15, -0.1) is 0 Å². The van der Waals surface area contributed by atoms with Gasteiger partial charge in [0.15, 0.2) is 0 Å². The van der Waals surface area contributed by atoms with Gasteiger partial charge >= 0.3 is 0 Å². The fourth-order valence-electron chi connectivity index (χ4n) is 3.53. The third kappa shape index (κ3) is 4.75. The zero-order valence-corrected chi connectivity index (χ0v) is 20.3. The van der Waals surface area contributed by atoms with E-state index in [1.54, 1.807) is 0 Å². The molecule has 25 heavy (non-hydrogen) atoms. The molecule has 0 aliphatic heterocycles. The van der Waals surface area contributed by atoms with Gasteiger partial charge in [0.1, 0.15) is 0 Å². The van der Waals surface area contributed by atoms with Crippen LogP contribution in [0.25, 0.3) is 0 Å². The molecule has 2 radical (unpaired) electrons. The van der Waals surface area contributed by atoms with E-state index in [4.69, 9.17) is 0 Å². The number of allylic oxidation sites excluding steroid dienone is 4. The molecule has 1 unspecified atom stereocenters. The average molecular weight is 424 g/mol. The summed E-state index contributed by atoms with van der Waals surface area (Å²) in [5.41, 5.74) is 14.7. The van der Waals surface area contributed by atoms with Crippen LogP contribution in [-0.4, -0.2) is 0 Å². The monoisotopic (exact) mass is 422 g/mol. The maximum absolute atomic E-state index is 2.30. The maximum Gasteiger partial charge on any atom is 0.00461 e. The van der Waals surface area contributed by atoms with Gasteiger partial charge in [0.05, 0.1) is 0 Å². The second kappa shape index (κ2) is 9.33. The fourth-order valence-corrected chi connectivity index (χ4v) is 3.53. The fraction of sp³-hybridized carbons (Fsp3) is 0.542. The van der Waals surface area contributed by atoms with Crippen molar-refractivity contribution in [3.05, 3.63) is 61.6 Å². The van der Waals surface area contributed by atoms with Crippen LogP contribution in [0, 0.1) is 53.4 Å². The van der Waals surface area contributed by atoms with Gasteiger partial charge in [-0.25, -0.2) is 0 Å². The summed E-state index contributed by atoms with van der Waals surface area (Å²) in [6, 6.07) is 0. The SMILES string of the molecule is C[C]1C(C)=C(C)C(C)=C(C)C1C.Cc1c(C)c(C)c(C)c(C)c1C.[Tc]. The molecule has 1 aliphatic carbocycles. The van der Waals surface area contributed by atoms with Gasteiger partial charge in [-0.2, -0.15) is 0 Å². The van der Waals surface area contributed by atoms with Gasteiger partial charge in [-0.3, -0.25) is 0 Å². The van der Waals surface area contributed by atoms with Crippen LogP contribution in [0.2, 0.25) is 0 Å². The zero-order valence-electron chi connectivity index (χ0n) is 18.5. The molecule has 1 atom stereocenters. The molecule has 0 nitrogen and oxygen atoms in total. The number of benzene rings is 1. The Balaban J connectivity index is 0.000000443. The summed E-state index contributed by atoms with van der Waals surface area (Å²) in [5, 5.41) is 0. The average Bonchev–Trinajstić information content (AvgIpc) is 2.58. The molecule has 1 heteroatoms. The Bertz CT molecular complexity index is 568. The molecule has 1 aromatic rings. The molecule has 0 heterocycles. The van der Waals surface area contributed by atoms with Crippen molar-refractivity contribution in [3.8, 4) is 0 Å². The Hall–Kier alpha value is -0.651. The molecule has 1 aliphatic rings. The molecule has 0 saturated carbocycles. The predicted octanol–water partition coefficient (Wildman–Crippen LogP) is 7.44. The molecule has 140 valence electrons. The molecule has 2 rings (SSSR count). The predicted molar refractivity (Wildman–Crippen MR) is 110 cm³/mol. The quantitative estimate of drug-likeness (QED) is 0.407. The van der Waals surface area contributed by atoms with Crippen molar-refractivity contribution in [2.75, 3.05) is 0 Å². The first-order chi connectivity index (χ1) is 10.9. The normalized spacial score (nSPS) is 18.0. The van der Waals surface area contributed by atoms with Crippen molar-refractivity contribution in [1.82, 2.24) is 0 Å². The molecule has 1 aromatic carbocycles. The number of hydrogen-bond acceptors (Lipinski definition) is 0. The van der Waals surface area contributed by atoms with Gasteiger partial charge in [-0.05, 0) is 120 Å². The van der Waals surface area contributed by atoms with E-state index in [0.29, 0.717) is 5.92 Å². The molecular formula is C24H37Tc. The Morgan fingerprint density at radius 3 is 1.00 bits per heavy atom. The number of rotatable bonds is 0. The Morgan fingerprint density at radius 2 is 0.720 bits per heavy atom. The largest absolute Gasteiger partial charge is 0.0664 e. The third-order valence-corrected chi connectivity index (χ3v) is 6.98. The van der Waals surface area contributed by atoms with E-state index < -0.39 is 0 Å². The molecule has 0 amide bonds. The van der Waals surface area contributed by atoms with Gasteiger partial charge in [-0.1, -0.05) is 25.0 Å². The van der Waals surface area contributed by atoms with E-state index in [-0.39, 0.29) is 20.1 Å². The Labute approximate surface area is 170 Å². The van der Waals surface area contributed by atoms with Crippen LogP contribution in [0.3, 0.4) is 0 Å². The van der Waals surface area contributed by atoms with Gasteiger partial charge in [0.2, 0.25) is 0 Å². The molecule has 0 aromatic heterocycles. The van der Waals surface area contributed by atoms with Crippen LogP contribution in [0.15, 0.2) is 22.3 Å². The summed E-state index contributed by atoms with van der Waals surface area (Å²) in [6.07, 6.45) is 0. The summed E-state index contributed by atoms with van der Waals surface area (Å²) in [6.45, 7) is 26.8. The van der Waals surface area contributed by atoms with Crippen molar-refractivity contribution < 1.29 is 20.1 Å². The molecule has 0 saturated heterocycles. The minimum absolute atomic E-state index is 0. The molecule has 0 N–H and O–H groups in total. The minimum atomic E-state index is 0. The van der Waals surface area contributed by atoms with Crippen molar-refractivity contribution in [1.29, 1.82) is 0 Å². The van der Waals surface area contributed by atoms with E-state index in [1.165, 1.54) is 61.6 Å². The summed E-state index contributed by atoms with van der Waals surface area (Å²) in [7, 11) is 0. The minimum Gasteiger partial charge on any atom is -0.0664 e. The second-order valence-corrected chi connectivity index (χ2v) is 7.71. The first-order valence-electron chi connectivity index (χ1n) is 9.15. The van der Waals surface area contributed by atoms with E-state index in [0.717, 1.165) is 0 Å². The third-order valence-electron chi connectivity index (χ3n) is 6.98. The van der Waals surface area contributed by atoms with Crippen molar-refractivity contribution in [2.24, 2.45) is 5.92 Å². The first-order valence-corrected chi connectivity index (χ1v) is 9.15. The van der Waals surface area contributed by atoms with Crippen molar-refractivity contribution in [3.63, 3.8) is 0 Å². The van der Waals surface area contributed by atoms with E-state index in [2.05, 4.69) is 83.1 Å². The molecule has 0 bridgehead atoms. The standard InChI is InChI=1S/C12H19.C12H18.Tc/c2*1-7-8(2)10(4)12(6)11(5)9(7)3;/h7H,1-6H3;1-6H3;. The van der Waals surface area contributed by atoms with Gasteiger partial charge < -0.3 is 0 Å². The van der Waals surface area contributed by atoms with E-state index in [1.807, 2.05) is 0 Å².